The summed E-state index contributed by atoms with van der Waals surface area (Å²) < 4.78 is 4.70. The van der Waals surface area contributed by atoms with Crippen LogP contribution in [0.15, 0.2) is 0 Å². The number of ether oxygens (including phenoxy) is 1. The van der Waals surface area contributed by atoms with Crippen LogP contribution < -0.4 is 0 Å². The number of carbonyl (C=O) groups excluding carboxylic acids is 1. The third-order valence-electron chi connectivity index (χ3n) is 3.45. The summed E-state index contributed by atoms with van der Waals surface area (Å²) in [7, 11) is 0. The van der Waals surface area contributed by atoms with Gasteiger partial charge in [-0.1, -0.05) is 19.3 Å². The molecule has 2 fully saturated rings. The van der Waals surface area contributed by atoms with E-state index in [1.165, 1.54) is 6.42 Å². The summed E-state index contributed by atoms with van der Waals surface area (Å²) in [6, 6.07) is 0. The molecule has 1 saturated carbocycles. The average Bonchev–Trinajstić information content (AvgIpc) is 2.49. The van der Waals surface area contributed by atoms with E-state index in [9.17, 15) is 15.0 Å². The Balaban J connectivity index is 2.10. The Morgan fingerprint density at radius 1 is 1.29 bits per heavy atom. The summed E-state index contributed by atoms with van der Waals surface area (Å²) >= 11 is 0. The van der Waals surface area contributed by atoms with Crippen LogP contribution in [0, 0.1) is 5.92 Å². The van der Waals surface area contributed by atoms with Gasteiger partial charge in [0.1, 0.15) is 12.2 Å². The Labute approximate surface area is 82.9 Å². The number of aliphatic hydroxyl groups excluding tert-OH is 1. The van der Waals surface area contributed by atoms with E-state index < -0.39 is 17.7 Å². The van der Waals surface area contributed by atoms with Crippen LogP contribution in [0.1, 0.15) is 32.1 Å². The minimum Gasteiger partial charge on any atom is -0.460 e. The zero-order chi connectivity index (χ0) is 10.2. The second kappa shape index (κ2) is 3.51. The third-order valence-corrected chi connectivity index (χ3v) is 3.45. The van der Waals surface area contributed by atoms with E-state index in [1.807, 2.05) is 0 Å². The van der Waals surface area contributed by atoms with Crippen molar-refractivity contribution >= 4 is 5.97 Å². The lowest BCUT2D eigenvalue weighted by Gasteiger charge is -2.34. The van der Waals surface area contributed by atoms with Gasteiger partial charge in [-0.15, -0.1) is 0 Å². The second-order valence-corrected chi connectivity index (χ2v) is 4.34. The first-order valence-corrected chi connectivity index (χ1v) is 5.21. The van der Waals surface area contributed by atoms with Crippen molar-refractivity contribution in [3.8, 4) is 0 Å². The van der Waals surface area contributed by atoms with Gasteiger partial charge < -0.3 is 14.9 Å². The van der Waals surface area contributed by atoms with Crippen molar-refractivity contribution in [1.29, 1.82) is 0 Å². The number of esters is 1. The minimum absolute atomic E-state index is 0.0118. The highest BCUT2D eigenvalue weighted by Gasteiger charge is 2.53. The maximum Gasteiger partial charge on any atom is 0.338 e. The summed E-state index contributed by atoms with van der Waals surface area (Å²) in [6.07, 6.45) is 3.72. The van der Waals surface area contributed by atoms with Gasteiger partial charge in [0, 0.05) is 0 Å². The highest BCUT2D eigenvalue weighted by atomic mass is 16.6. The highest BCUT2D eigenvalue weighted by molar-refractivity contribution is 5.78. The molecule has 1 aliphatic carbocycles. The predicted octanol–water partition coefficient (Wildman–Crippen LogP) is 0.215. The largest absolute Gasteiger partial charge is 0.460 e. The van der Waals surface area contributed by atoms with Gasteiger partial charge >= 0.3 is 5.97 Å². The molecule has 0 amide bonds. The molecule has 0 unspecified atom stereocenters. The molecule has 4 heteroatoms. The number of carbonyl (C=O) groups is 1. The Morgan fingerprint density at radius 3 is 2.43 bits per heavy atom. The van der Waals surface area contributed by atoms with Gasteiger partial charge in [-0.2, -0.15) is 0 Å². The van der Waals surface area contributed by atoms with Gasteiger partial charge in [-0.25, -0.2) is 4.79 Å². The van der Waals surface area contributed by atoms with Crippen LogP contribution in [0.3, 0.4) is 0 Å². The molecule has 0 aromatic carbocycles. The van der Waals surface area contributed by atoms with Crippen LogP contribution in [0.5, 0.6) is 0 Å². The summed E-state index contributed by atoms with van der Waals surface area (Å²) in [5.41, 5.74) is -1.32. The van der Waals surface area contributed by atoms with Crippen molar-refractivity contribution in [1.82, 2.24) is 0 Å². The average molecular weight is 200 g/mol. The van der Waals surface area contributed by atoms with Crippen molar-refractivity contribution in [3.05, 3.63) is 0 Å². The molecule has 80 valence electrons. The third kappa shape index (κ3) is 1.42. The Morgan fingerprint density at radius 2 is 1.93 bits per heavy atom. The Bertz CT molecular complexity index is 234. The fourth-order valence-corrected chi connectivity index (χ4v) is 2.49. The first-order valence-electron chi connectivity index (χ1n) is 5.21. The molecule has 0 bridgehead atoms. The van der Waals surface area contributed by atoms with E-state index in [0.29, 0.717) is 0 Å². The molecular weight excluding hydrogens is 184 g/mol. The minimum atomic E-state index is -1.34. The topological polar surface area (TPSA) is 66.8 Å². The standard InChI is InChI=1S/C10H16O4/c11-8-9(12)14-6-10(8,13)7-4-2-1-3-5-7/h7-8,11,13H,1-6H2/t8-,10-/m1/s1. The van der Waals surface area contributed by atoms with E-state index in [4.69, 9.17) is 4.74 Å². The van der Waals surface area contributed by atoms with Gasteiger partial charge in [0.15, 0.2) is 6.10 Å². The van der Waals surface area contributed by atoms with Crippen LogP contribution in [-0.4, -0.2) is 34.5 Å². The Kier molecular flexibility index (Phi) is 2.49. The van der Waals surface area contributed by atoms with Crippen LogP contribution in [0.25, 0.3) is 0 Å². The molecule has 1 aliphatic heterocycles. The number of aliphatic hydroxyl groups is 2. The molecule has 4 nitrogen and oxygen atoms in total. The van der Waals surface area contributed by atoms with E-state index in [2.05, 4.69) is 0 Å². The smallest absolute Gasteiger partial charge is 0.338 e. The van der Waals surface area contributed by atoms with Crippen molar-refractivity contribution in [2.75, 3.05) is 6.61 Å². The fourth-order valence-electron chi connectivity index (χ4n) is 2.49. The van der Waals surface area contributed by atoms with Crippen LogP contribution in [0.2, 0.25) is 0 Å². The summed E-state index contributed by atoms with van der Waals surface area (Å²) in [4.78, 5) is 11.0. The lowest BCUT2D eigenvalue weighted by molar-refractivity contribution is -0.147. The Hall–Kier alpha value is -0.610. The molecule has 2 atom stereocenters. The molecule has 1 heterocycles. The van der Waals surface area contributed by atoms with Gasteiger partial charge in [-0.3, -0.25) is 0 Å². The van der Waals surface area contributed by atoms with Crippen molar-refractivity contribution in [3.63, 3.8) is 0 Å². The molecule has 0 aromatic rings. The van der Waals surface area contributed by atoms with Crippen molar-refractivity contribution in [2.24, 2.45) is 5.92 Å². The van der Waals surface area contributed by atoms with E-state index >= 15 is 0 Å². The van der Waals surface area contributed by atoms with Crippen LogP contribution in [0.4, 0.5) is 0 Å². The maximum atomic E-state index is 11.0. The van der Waals surface area contributed by atoms with E-state index in [1.54, 1.807) is 0 Å². The van der Waals surface area contributed by atoms with Crippen molar-refractivity contribution in [2.45, 2.75) is 43.8 Å². The van der Waals surface area contributed by atoms with Gasteiger partial charge in [-0.05, 0) is 18.8 Å². The maximum absolute atomic E-state index is 11.0. The molecule has 0 spiro atoms. The molecule has 2 aliphatic rings. The zero-order valence-electron chi connectivity index (χ0n) is 8.11. The number of hydrogen-bond donors (Lipinski definition) is 2. The lowest BCUT2D eigenvalue weighted by Crippen LogP contribution is -2.49. The van der Waals surface area contributed by atoms with Gasteiger partial charge in [0.05, 0.1) is 0 Å². The molecule has 1 saturated heterocycles. The molecule has 2 rings (SSSR count). The molecular formula is C10H16O4. The van der Waals surface area contributed by atoms with Gasteiger partial charge in [0.2, 0.25) is 0 Å². The fraction of sp³-hybridized carbons (Fsp3) is 0.900. The molecule has 14 heavy (non-hydrogen) atoms. The SMILES string of the molecule is O=C1OC[C@@](O)(C2CCCCC2)[C@@H]1O. The quantitative estimate of drug-likeness (QED) is 0.594. The molecule has 2 N–H and O–H groups in total. The first-order chi connectivity index (χ1) is 6.64. The lowest BCUT2D eigenvalue weighted by atomic mass is 9.75. The number of cyclic esters (lactones) is 1. The van der Waals surface area contributed by atoms with E-state index in [-0.39, 0.29) is 12.5 Å². The molecule has 0 aromatic heterocycles. The van der Waals surface area contributed by atoms with Crippen molar-refractivity contribution < 1.29 is 19.7 Å². The van der Waals surface area contributed by atoms with E-state index in [0.717, 1.165) is 25.7 Å². The predicted molar refractivity (Wildman–Crippen MR) is 48.5 cm³/mol. The second-order valence-electron chi connectivity index (χ2n) is 4.34. The summed E-state index contributed by atoms with van der Waals surface area (Å²) in [5, 5.41) is 19.7. The van der Waals surface area contributed by atoms with Crippen LogP contribution in [-0.2, 0) is 9.53 Å². The number of rotatable bonds is 1. The number of hydrogen-bond acceptors (Lipinski definition) is 4. The summed E-state index contributed by atoms with van der Waals surface area (Å²) in [5.74, 6) is -0.671. The van der Waals surface area contributed by atoms with Crippen LogP contribution >= 0.6 is 0 Å². The summed E-state index contributed by atoms with van der Waals surface area (Å²) in [6.45, 7) is -0.0440. The normalized spacial score (nSPS) is 39.9. The monoisotopic (exact) mass is 200 g/mol. The zero-order valence-corrected chi connectivity index (χ0v) is 8.11. The van der Waals surface area contributed by atoms with Gasteiger partial charge in [0.25, 0.3) is 0 Å². The first kappa shape index (κ1) is 9.93. The highest BCUT2D eigenvalue weighted by Crippen LogP contribution is 2.37. The molecule has 0 radical (unpaired) electrons.